The number of benzene rings is 1. The maximum atomic E-state index is 13.9. The predicted molar refractivity (Wildman–Crippen MR) is 79.6 cm³/mol. The molecule has 0 aromatic heterocycles. The number of nitrogens with one attached hydrogen (secondary N) is 1. The van der Waals surface area contributed by atoms with E-state index in [1.807, 2.05) is 12.1 Å². The Bertz CT molecular complexity index is 379. The largest absolute Gasteiger partial charge is 0.313 e. The lowest BCUT2D eigenvalue weighted by atomic mass is 10.1. The van der Waals surface area contributed by atoms with Crippen molar-refractivity contribution in [3.8, 4) is 0 Å². The molecule has 19 heavy (non-hydrogen) atoms. The van der Waals surface area contributed by atoms with E-state index in [0.717, 1.165) is 37.2 Å². The van der Waals surface area contributed by atoms with Gasteiger partial charge in [0.05, 0.1) is 0 Å². The van der Waals surface area contributed by atoms with Gasteiger partial charge in [0, 0.05) is 24.7 Å². The Hall–Kier alpha value is -0.930. The van der Waals surface area contributed by atoms with Crippen LogP contribution in [-0.2, 0) is 13.1 Å². The second kappa shape index (κ2) is 8.28. The number of hydrogen-bond donors (Lipinski definition) is 1. The highest BCUT2D eigenvalue weighted by Crippen LogP contribution is 2.15. The van der Waals surface area contributed by atoms with Crippen LogP contribution in [0.2, 0.25) is 0 Å². The topological polar surface area (TPSA) is 15.3 Å². The summed E-state index contributed by atoms with van der Waals surface area (Å²) < 4.78 is 13.9. The summed E-state index contributed by atoms with van der Waals surface area (Å²) in [5.74, 6) is -0.0954. The van der Waals surface area contributed by atoms with Gasteiger partial charge in [-0.25, -0.2) is 4.39 Å². The fourth-order valence-electron chi connectivity index (χ4n) is 2.18. The van der Waals surface area contributed by atoms with E-state index < -0.39 is 0 Å². The Morgan fingerprint density at radius 1 is 1.26 bits per heavy atom. The van der Waals surface area contributed by atoms with E-state index in [2.05, 4.69) is 37.9 Å². The summed E-state index contributed by atoms with van der Waals surface area (Å²) in [6.45, 7) is 12.0. The van der Waals surface area contributed by atoms with Crippen molar-refractivity contribution in [1.29, 1.82) is 0 Å². The van der Waals surface area contributed by atoms with E-state index >= 15 is 0 Å². The first-order valence-corrected chi connectivity index (χ1v) is 7.34. The van der Waals surface area contributed by atoms with Crippen LogP contribution in [0.3, 0.4) is 0 Å². The van der Waals surface area contributed by atoms with Crippen molar-refractivity contribution in [1.82, 2.24) is 10.2 Å². The number of hydrogen-bond acceptors (Lipinski definition) is 2. The van der Waals surface area contributed by atoms with Crippen molar-refractivity contribution in [3.63, 3.8) is 0 Å². The Morgan fingerprint density at radius 3 is 2.58 bits per heavy atom. The highest BCUT2D eigenvalue weighted by atomic mass is 19.1. The SMILES string of the molecule is CCNCc1ccc(F)c(CN(CC)C(C)CC)c1. The molecule has 1 aromatic rings. The number of rotatable bonds is 8. The van der Waals surface area contributed by atoms with E-state index in [-0.39, 0.29) is 5.82 Å². The summed E-state index contributed by atoms with van der Waals surface area (Å²) in [5.41, 5.74) is 1.95. The van der Waals surface area contributed by atoms with Crippen molar-refractivity contribution in [3.05, 3.63) is 35.1 Å². The highest BCUT2D eigenvalue weighted by molar-refractivity contribution is 5.25. The van der Waals surface area contributed by atoms with Crippen LogP contribution in [0.1, 0.15) is 45.2 Å². The van der Waals surface area contributed by atoms with E-state index in [1.54, 1.807) is 6.07 Å². The van der Waals surface area contributed by atoms with E-state index in [4.69, 9.17) is 0 Å². The van der Waals surface area contributed by atoms with Gasteiger partial charge < -0.3 is 5.32 Å². The Labute approximate surface area is 117 Å². The minimum atomic E-state index is -0.0954. The summed E-state index contributed by atoms with van der Waals surface area (Å²) in [6, 6.07) is 5.93. The zero-order valence-electron chi connectivity index (χ0n) is 12.7. The summed E-state index contributed by atoms with van der Waals surface area (Å²) in [4.78, 5) is 2.31. The third kappa shape index (κ3) is 4.92. The highest BCUT2D eigenvalue weighted by Gasteiger charge is 2.13. The van der Waals surface area contributed by atoms with Gasteiger partial charge in [0.2, 0.25) is 0 Å². The van der Waals surface area contributed by atoms with Crippen LogP contribution in [0, 0.1) is 5.82 Å². The molecule has 0 heterocycles. The average molecular weight is 266 g/mol. The van der Waals surface area contributed by atoms with Gasteiger partial charge in [0.15, 0.2) is 0 Å². The van der Waals surface area contributed by atoms with Gasteiger partial charge >= 0.3 is 0 Å². The van der Waals surface area contributed by atoms with Gasteiger partial charge in [-0.05, 0) is 38.1 Å². The standard InChI is InChI=1S/C16H27FN2/c1-5-13(4)19(7-3)12-15-10-14(11-18-6-2)8-9-16(15)17/h8-10,13,18H,5-7,11-12H2,1-4H3. The molecule has 0 saturated carbocycles. The van der Waals surface area contributed by atoms with E-state index in [1.165, 1.54) is 0 Å². The molecule has 1 rings (SSSR count). The fraction of sp³-hybridized carbons (Fsp3) is 0.625. The summed E-state index contributed by atoms with van der Waals surface area (Å²) in [5, 5.41) is 3.28. The molecule has 1 atom stereocenters. The molecule has 0 bridgehead atoms. The number of halogens is 1. The third-order valence-corrected chi connectivity index (χ3v) is 3.68. The summed E-state index contributed by atoms with van der Waals surface area (Å²) >= 11 is 0. The molecule has 1 unspecified atom stereocenters. The molecule has 2 nitrogen and oxygen atoms in total. The molecule has 0 aliphatic carbocycles. The summed E-state index contributed by atoms with van der Waals surface area (Å²) in [7, 11) is 0. The van der Waals surface area contributed by atoms with Crippen LogP contribution in [0.4, 0.5) is 4.39 Å². The smallest absolute Gasteiger partial charge is 0.127 e. The zero-order valence-corrected chi connectivity index (χ0v) is 12.7. The molecular weight excluding hydrogens is 239 g/mol. The first kappa shape index (κ1) is 16.1. The van der Waals surface area contributed by atoms with Crippen molar-refractivity contribution in [2.45, 2.75) is 53.2 Å². The van der Waals surface area contributed by atoms with Crippen molar-refractivity contribution in [2.24, 2.45) is 0 Å². The molecule has 0 amide bonds. The Morgan fingerprint density at radius 2 is 2.00 bits per heavy atom. The van der Waals surface area contributed by atoms with Gasteiger partial charge in [-0.3, -0.25) is 4.90 Å². The maximum Gasteiger partial charge on any atom is 0.127 e. The lowest BCUT2D eigenvalue weighted by Gasteiger charge is -2.27. The van der Waals surface area contributed by atoms with E-state index in [0.29, 0.717) is 12.6 Å². The maximum absolute atomic E-state index is 13.9. The Kier molecular flexibility index (Phi) is 7.03. The zero-order chi connectivity index (χ0) is 14.3. The molecule has 0 aliphatic rings. The normalized spacial score (nSPS) is 12.9. The average Bonchev–Trinajstić information content (AvgIpc) is 2.44. The molecule has 0 spiro atoms. The van der Waals surface area contributed by atoms with Gasteiger partial charge in [-0.2, -0.15) is 0 Å². The van der Waals surface area contributed by atoms with Crippen LogP contribution in [0.5, 0.6) is 0 Å². The molecule has 1 aromatic carbocycles. The molecular formula is C16H27FN2. The second-order valence-electron chi connectivity index (χ2n) is 5.03. The molecule has 108 valence electrons. The van der Waals surface area contributed by atoms with Crippen molar-refractivity contribution < 1.29 is 4.39 Å². The lowest BCUT2D eigenvalue weighted by Crippen LogP contribution is -2.32. The first-order chi connectivity index (χ1) is 9.12. The predicted octanol–water partition coefficient (Wildman–Crippen LogP) is 3.56. The number of nitrogens with zero attached hydrogens (tertiary/aromatic N) is 1. The van der Waals surface area contributed by atoms with Gasteiger partial charge in [0.25, 0.3) is 0 Å². The minimum absolute atomic E-state index is 0.0954. The van der Waals surface area contributed by atoms with Crippen LogP contribution in [-0.4, -0.2) is 24.0 Å². The molecule has 3 heteroatoms. The molecule has 0 aliphatic heterocycles. The first-order valence-electron chi connectivity index (χ1n) is 7.34. The third-order valence-electron chi connectivity index (χ3n) is 3.68. The van der Waals surface area contributed by atoms with Gasteiger partial charge in [0.1, 0.15) is 5.82 Å². The summed E-state index contributed by atoms with van der Waals surface area (Å²) in [6.07, 6.45) is 1.09. The van der Waals surface area contributed by atoms with Crippen LogP contribution in [0.15, 0.2) is 18.2 Å². The second-order valence-corrected chi connectivity index (χ2v) is 5.03. The van der Waals surface area contributed by atoms with Crippen LogP contribution < -0.4 is 5.32 Å². The monoisotopic (exact) mass is 266 g/mol. The minimum Gasteiger partial charge on any atom is -0.313 e. The molecule has 1 N–H and O–H groups in total. The van der Waals surface area contributed by atoms with Crippen LogP contribution in [0.25, 0.3) is 0 Å². The molecule has 0 saturated heterocycles. The van der Waals surface area contributed by atoms with Crippen molar-refractivity contribution in [2.75, 3.05) is 13.1 Å². The Balaban J connectivity index is 2.80. The van der Waals surface area contributed by atoms with Crippen molar-refractivity contribution >= 4 is 0 Å². The van der Waals surface area contributed by atoms with Gasteiger partial charge in [-0.1, -0.05) is 32.9 Å². The fourth-order valence-corrected chi connectivity index (χ4v) is 2.18. The molecule has 0 fully saturated rings. The molecule has 0 radical (unpaired) electrons. The van der Waals surface area contributed by atoms with Gasteiger partial charge in [-0.15, -0.1) is 0 Å². The van der Waals surface area contributed by atoms with E-state index in [9.17, 15) is 4.39 Å². The quantitative estimate of drug-likeness (QED) is 0.774. The lowest BCUT2D eigenvalue weighted by molar-refractivity contribution is 0.203. The van der Waals surface area contributed by atoms with Crippen LogP contribution >= 0.6 is 0 Å².